The summed E-state index contributed by atoms with van der Waals surface area (Å²) in [7, 11) is 0. The van der Waals surface area contributed by atoms with Crippen LogP contribution in [0.1, 0.15) is 41.0 Å². The largest absolute Gasteiger partial charge is 0.0830 e. The van der Waals surface area contributed by atoms with Crippen molar-refractivity contribution in [1.82, 2.24) is 0 Å². The van der Waals surface area contributed by atoms with Crippen LogP contribution in [0.15, 0.2) is 11.6 Å². The molecule has 0 aromatic heterocycles. The molecule has 0 unspecified atom stereocenters. The van der Waals surface area contributed by atoms with E-state index in [9.17, 15) is 0 Å². The molecule has 0 radical (unpaired) electrons. The van der Waals surface area contributed by atoms with E-state index in [2.05, 4.69) is 40.7 Å². The first-order valence-electron chi connectivity index (χ1n) is 4.19. The van der Waals surface area contributed by atoms with Crippen molar-refractivity contribution < 1.29 is 0 Å². The maximum atomic E-state index is 2.35. The minimum absolute atomic E-state index is 0.707. The number of allylic oxidation sites excluding steroid dienone is 2. The highest BCUT2D eigenvalue weighted by molar-refractivity contribution is 4.99. The molecule has 0 saturated carbocycles. The summed E-state index contributed by atoms with van der Waals surface area (Å²) in [6.07, 6.45) is 3.60. The Labute approximate surface area is 65.3 Å². The lowest BCUT2D eigenvalue weighted by Crippen LogP contribution is -1.90. The Hall–Kier alpha value is -0.260. The summed E-state index contributed by atoms with van der Waals surface area (Å²) < 4.78 is 0. The Morgan fingerprint density at radius 3 is 2.00 bits per heavy atom. The third kappa shape index (κ3) is 5.87. The van der Waals surface area contributed by atoms with E-state index in [1.165, 1.54) is 12.0 Å². The van der Waals surface area contributed by atoms with E-state index < -0.39 is 0 Å². The summed E-state index contributed by atoms with van der Waals surface area (Å²) in [5.74, 6) is 1.51. The molecule has 0 saturated heterocycles. The Bertz CT molecular complexity index is 107. The summed E-state index contributed by atoms with van der Waals surface area (Å²) in [4.78, 5) is 0. The SMILES string of the molecule is CC(=CC(C)C)CC(C)C. The van der Waals surface area contributed by atoms with Gasteiger partial charge in [-0.25, -0.2) is 0 Å². The van der Waals surface area contributed by atoms with Gasteiger partial charge in [0.1, 0.15) is 0 Å². The quantitative estimate of drug-likeness (QED) is 0.525. The minimum Gasteiger partial charge on any atom is -0.0830 e. The van der Waals surface area contributed by atoms with Crippen LogP contribution in [0.3, 0.4) is 0 Å². The Balaban J connectivity index is 3.71. The number of hydrogen-bond acceptors (Lipinski definition) is 0. The van der Waals surface area contributed by atoms with Gasteiger partial charge in [0.25, 0.3) is 0 Å². The van der Waals surface area contributed by atoms with E-state index in [0.29, 0.717) is 5.92 Å². The lowest BCUT2D eigenvalue weighted by Gasteiger charge is -2.05. The Kier molecular flexibility index (Phi) is 4.42. The van der Waals surface area contributed by atoms with Gasteiger partial charge in [-0.2, -0.15) is 0 Å². The maximum absolute atomic E-state index is 2.35. The van der Waals surface area contributed by atoms with E-state index in [-0.39, 0.29) is 0 Å². The Morgan fingerprint density at radius 1 is 1.20 bits per heavy atom. The molecule has 0 bridgehead atoms. The summed E-state index contributed by atoms with van der Waals surface area (Å²) in [6.45, 7) is 11.2. The molecular formula is C10H20. The normalized spacial score (nSPS) is 13.3. The third-order valence-electron chi connectivity index (χ3n) is 1.35. The van der Waals surface area contributed by atoms with Crippen molar-refractivity contribution in [1.29, 1.82) is 0 Å². The molecule has 10 heavy (non-hydrogen) atoms. The molecular weight excluding hydrogens is 120 g/mol. The molecule has 0 spiro atoms. The number of hydrogen-bond donors (Lipinski definition) is 0. The zero-order chi connectivity index (χ0) is 8.15. The molecule has 0 nitrogen and oxygen atoms in total. The zero-order valence-electron chi connectivity index (χ0n) is 7.94. The van der Waals surface area contributed by atoms with E-state index >= 15 is 0 Å². The van der Waals surface area contributed by atoms with Crippen LogP contribution >= 0.6 is 0 Å². The highest BCUT2D eigenvalue weighted by atomic mass is 14.0. The highest BCUT2D eigenvalue weighted by Crippen LogP contribution is 2.11. The van der Waals surface area contributed by atoms with Crippen molar-refractivity contribution in [3.05, 3.63) is 11.6 Å². The summed E-state index contributed by atoms with van der Waals surface area (Å²) in [6, 6.07) is 0. The average molecular weight is 140 g/mol. The van der Waals surface area contributed by atoms with Gasteiger partial charge in [0.15, 0.2) is 0 Å². The molecule has 0 amide bonds. The standard InChI is InChI=1S/C10H20/c1-8(2)6-10(5)7-9(3)4/h6,8-9H,7H2,1-5H3. The van der Waals surface area contributed by atoms with E-state index in [0.717, 1.165) is 5.92 Å². The van der Waals surface area contributed by atoms with Gasteiger partial charge in [0.05, 0.1) is 0 Å². The van der Waals surface area contributed by atoms with Gasteiger partial charge in [-0.05, 0) is 25.2 Å². The fraction of sp³-hybridized carbons (Fsp3) is 0.800. The molecule has 0 aromatic carbocycles. The smallest absolute Gasteiger partial charge is 0.0288 e. The maximum Gasteiger partial charge on any atom is -0.0288 e. The van der Waals surface area contributed by atoms with Crippen LogP contribution in [0.4, 0.5) is 0 Å². The van der Waals surface area contributed by atoms with Crippen LogP contribution in [0.2, 0.25) is 0 Å². The van der Waals surface area contributed by atoms with Crippen LogP contribution in [-0.4, -0.2) is 0 Å². The van der Waals surface area contributed by atoms with Crippen molar-refractivity contribution in [2.45, 2.75) is 41.0 Å². The van der Waals surface area contributed by atoms with Crippen LogP contribution < -0.4 is 0 Å². The third-order valence-corrected chi connectivity index (χ3v) is 1.35. The predicted octanol–water partition coefficient (Wildman–Crippen LogP) is 3.63. The molecule has 0 aliphatic rings. The molecule has 60 valence electrons. The lowest BCUT2D eigenvalue weighted by molar-refractivity contribution is 0.635. The van der Waals surface area contributed by atoms with Crippen molar-refractivity contribution >= 4 is 0 Å². The fourth-order valence-electron chi connectivity index (χ4n) is 1.28. The van der Waals surface area contributed by atoms with Gasteiger partial charge in [0, 0.05) is 0 Å². The lowest BCUT2D eigenvalue weighted by atomic mass is 10.0. The van der Waals surface area contributed by atoms with Crippen LogP contribution in [0.5, 0.6) is 0 Å². The summed E-state index contributed by atoms with van der Waals surface area (Å²) in [5.41, 5.74) is 1.53. The molecule has 0 aromatic rings. The summed E-state index contributed by atoms with van der Waals surface area (Å²) >= 11 is 0. The first-order chi connectivity index (χ1) is 4.52. The average Bonchev–Trinajstić information content (AvgIpc) is 1.58. The molecule has 0 aliphatic heterocycles. The second-order valence-corrected chi connectivity index (χ2v) is 3.86. The molecule has 0 fully saturated rings. The second kappa shape index (κ2) is 4.54. The van der Waals surface area contributed by atoms with E-state index in [4.69, 9.17) is 0 Å². The van der Waals surface area contributed by atoms with E-state index in [1.54, 1.807) is 0 Å². The van der Waals surface area contributed by atoms with Crippen molar-refractivity contribution in [2.24, 2.45) is 11.8 Å². The van der Waals surface area contributed by atoms with Gasteiger partial charge in [0.2, 0.25) is 0 Å². The monoisotopic (exact) mass is 140 g/mol. The van der Waals surface area contributed by atoms with Gasteiger partial charge in [-0.3, -0.25) is 0 Å². The predicted molar refractivity (Wildman–Crippen MR) is 48.1 cm³/mol. The first-order valence-corrected chi connectivity index (χ1v) is 4.19. The second-order valence-electron chi connectivity index (χ2n) is 3.86. The van der Waals surface area contributed by atoms with Crippen molar-refractivity contribution in [3.63, 3.8) is 0 Å². The molecule has 0 aliphatic carbocycles. The van der Waals surface area contributed by atoms with Gasteiger partial charge >= 0.3 is 0 Å². The van der Waals surface area contributed by atoms with Crippen molar-refractivity contribution in [2.75, 3.05) is 0 Å². The van der Waals surface area contributed by atoms with Crippen LogP contribution in [-0.2, 0) is 0 Å². The minimum atomic E-state index is 0.707. The van der Waals surface area contributed by atoms with Crippen LogP contribution in [0.25, 0.3) is 0 Å². The molecule has 0 N–H and O–H groups in total. The molecule has 0 atom stereocenters. The zero-order valence-corrected chi connectivity index (χ0v) is 7.94. The van der Waals surface area contributed by atoms with Gasteiger partial charge in [-0.15, -0.1) is 0 Å². The number of rotatable bonds is 3. The van der Waals surface area contributed by atoms with Crippen LogP contribution in [0, 0.1) is 11.8 Å². The molecule has 0 heterocycles. The van der Waals surface area contributed by atoms with Crippen molar-refractivity contribution in [3.8, 4) is 0 Å². The topological polar surface area (TPSA) is 0 Å². The summed E-state index contributed by atoms with van der Waals surface area (Å²) in [5, 5.41) is 0. The molecule has 0 rings (SSSR count). The van der Waals surface area contributed by atoms with Gasteiger partial charge in [-0.1, -0.05) is 39.3 Å². The molecule has 0 heteroatoms. The Morgan fingerprint density at radius 2 is 1.70 bits per heavy atom. The first kappa shape index (κ1) is 9.74. The fourth-order valence-corrected chi connectivity index (χ4v) is 1.28. The van der Waals surface area contributed by atoms with Gasteiger partial charge < -0.3 is 0 Å². The van der Waals surface area contributed by atoms with E-state index in [1.807, 2.05) is 0 Å². The highest BCUT2D eigenvalue weighted by Gasteiger charge is 1.95.